The summed E-state index contributed by atoms with van der Waals surface area (Å²) < 4.78 is 5.44. The molecular weight excluding hydrogens is 360 g/mol. The first-order chi connectivity index (χ1) is 13.3. The van der Waals surface area contributed by atoms with Crippen LogP contribution < -0.4 is 5.32 Å². The molecule has 1 atom stereocenters. The van der Waals surface area contributed by atoms with Crippen molar-refractivity contribution >= 4 is 17.4 Å². The molecular formula is C20H26N4O2S. The van der Waals surface area contributed by atoms with Gasteiger partial charge in [-0.1, -0.05) is 30.3 Å². The van der Waals surface area contributed by atoms with Gasteiger partial charge in [-0.25, -0.2) is 9.78 Å². The summed E-state index contributed by atoms with van der Waals surface area (Å²) in [7, 11) is 0. The van der Waals surface area contributed by atoms with Crippen molar-refractivity contribution in [2.45, 2.75) is 25.4 Å². The van der Waals surface area contributed by atoms with E-state index in [0.717, 1.165) is 62.9 Å². The molecule has 4 rings (SSSR count). The lowest BCUT2D eigenvalue weighted by molar-refractivity contribution is 0.0681. The minimum Gasteiger partial charge on any atom is -0.379 e. The number of carbonyl (C=O) groups is 1. The highest BCUT2D eigenvalue weighted by Gasteiger charge is 2.24. The summed E-state index contributed by atoms with van der Waals surface area (Å²) in [5.74, 6) is 0. The maximum atomic E-state index is 12.4. The Labute approximate surface area is 164 Å². The molecule has 1 aromatic carbocycles. The molecule has 2 aliphatic heterocycles. The van der Waals surface area contributed by atoms with Crippen molar-refractivity contribution in [3.05, 3.63) is 41.4 Å². The number of ether oxygens (including phenoxy) is 1. The maximum Gasteiger partial charge on any atom is 0.317 e. The van der Waals surface area contributed by atoms with E-state index in [-0.39, 0.29) is 12.1 Å². The standard InChI is InChI=1S/C20H26N4O2S/c25-20(22-17-7-4-12-26-14-17)24-10-8-23(9-11-24)13-18-15-27-19(21-18)16-5-2-1-3-6-16/h1-3,5-6,15,17H,4,7-14H2,(H,22,25). The molecule has 2 aromatic rings. The lowest BCUT2D eigenvalue weighted by Crippen LogP contribution is -2.54. The SMILES string of the molecule is O=C(NC1CCCOC1)N1CCN(Cc2csc(-c3ccccc3)n2)CC1. The van der Waals surface area contributed by atoms with Crippen LogP contribution in [0.5, 0.6) is 0 Å². The minimum atomic E-state index is 0.0465. The van der Waals surface area contributed by atoms with E-state index < -0.39 is 0 Å². The Hall–Kier alpha value is -1.96. The van der Waals surface area contributed by atoms with Crippen molar-refractivity contribution in [2.75, 3.05) is 39.4 Å². The molecule has 1 aromatic heterocycles. The van der Waals surface area contributed by atoms with Crippen molar-refractivity contribution in [1.29, 1.82) is 0 Å². The highest BCUT2D eigenvalue weighted by Crippen LogP contribution is 2.24. The number of amides is 2. The van der Waals surface area contributed by atoms with Gasteiger partial charge in [0.05, 0.1) is 18.3 Å². The molecule has 2 aliphatic rings. The van der Waals surface area contributed by atoms with Gasteiger partial charge in [0.25, 0.3) is 0 Å². The van der Waals surface area contributed by atoms with Gasteiger partial charge in [0.15, 0.2) is 0 Å². The summed E-state index contributed by atoms with van der Waals surface area (Å²) in [6, 6.07) is 10.5. The van der Waals surface area contributed by atoms with Crippen molar-refractivity contribution < 1.29 is 9.53 Å². The zero-order valence-electron chi connectivity index (χ0n) is 15.5. The second kappa shape index (κ2) is 8.82. The zero-order chi connectivity index (χ0) is 18.5. The Bertz CT molecular complexity index is 737. The van der Waals surface area contributed by atoms with Gasteiger partial charge in [-0.2, -0.15) is 0 Å². The molecule has 27 heavy (non-hydrogen) atoms. The number of hydrogen-bond donors (Lipinski definition) is 1. The van der Waals surface area contributed by atoms with E-state index in [1.807, 2.05) is 23.1 Å². The van der Waals surface area contributed by atoms with Crippen LogP contribution in [-0.2, 0) is 11.3 Å². The number of piperazine rings is 1. The molecule has 0 aliphatic carbocycles. The number of nitrogens with one attached hydrogen (secondary N) is 1. The third-order valence-corrected chi connectivity index (χ3v) is 6.05. The highest BCUT2D eigenvalue weighted by molar-refractivity contribution is 7.13. The largest absolute Gasteiger partial charge is 0.379 e. The Morgan fingerprint density at radius 3 is 2.78 bits per heavy atom. The van der Waals surface area contributed by atoms with Crippen LogP contribution in [0.25, 0.3) is 10.6 Å². The van der Waals surface area contributed by atoms with Gasteiger partial charge in [0, 0.05) is 50.3 Å². The Morgan fingerprint density at radius 2 is 2.04 bits per heavy atom. The molecule has 6 nitrogen and oxygen atoms in total. The lowest BCUT2D eigenvalue weighted by atomic mass is 10.1. The van der Waals surface area contributed by atoms with Gasteiger partial charge < -0.3 is 15.0 Å². The summed E-state index contributed by atoms with van der Waals surface area (Å²) >= 11 is 1.69. The van der Waals surface area contributed by atoms with E-state index >= 15 is 0 Å². The average molecular weight is 387 g/mol. The molecule has 7 heteroatoms. The molecule has 1 unspecified atom stereocenters. The van der Waals surface area contributed by atoms with Crippen molar-refractivity contribution in [3.8, 4) is 10.6 Å². The Balaban J connectivity index is 1.25. The third kappa shape index (κ3) is 4.86. The van der Waals surface area contributed by atoms with Gasteiger partial charge in [-0.3, -0.25) is 4.90 Å². The summed E-state index contributed by atoms with van der Waals surface area (Å²) in [5, 5.41) is 6.32. The summed E-state index contributed by atoms with van der Waals surface area (Å²) in [5.41, 5.74) is 2.28. The number of rotatable bonds is 4. The van der Waals surface area contributed by atoms with Gasteiger partial charge in [0.1, 0.15) is 5.01 Å². The topological polar surface area (TPSA) is 57.7 Å². The molecule has 0 spiro atoms. The molecule has 2 fully saturated rings. The van der Waals surface area contributed by atoms with Crippen molar-refractivity contribution in [2.24, 2.45) is 0 Å². The normalized spacial score (nSPS) is 21.2. The Kier molecular flexibility index (Phi) is 6.01. The van der Waals surface area contributed by atoms with Crippen molar-refractivity contribution in [3.63, 3.8) is 0 Å². The smallest absolute Gasteiger partial charge is 0.317 e. The number of urea groups is 1. The number of benzene rings is 1. The Morgan fingerprint density at radius 1 is 1.22 bits per heavy atom. The molecule has 3 heterocycles. The number of aromatic nitrogens is 1. The molecule has 0 saturated carbocycles. The number of nitrogens with zero attached hydrogens (tertiary/aromatic N) is 3. The zero-order valence-corrected chi connectivity index (χ0v) is 16.3. The molecule has 1 N–H and O–H groups in total. The molecule has 0 radical (unpaired) electrons. The first-order valence-electron chi connectivity index (χ1n) is 9.63. The first-order valence-corrected chi connectivity index (χ1v) is 10.5. The van der Waals surface area contributed by atoms with Crippen LogP contribution in [0, 0.1) is 0 Å². The fourth-order valence-electron chi connectivity index (χ4n) is 3.55. The van der Waals surface area contributed by atoms with Crippen LogP contribution in [0.1, 0.15) is 18.5 Å². The number of carbonyl (C=O) groups excluding carboxylic acids is 1. The molecule has 0 bridgehead atoms. The maximum absolute atomic E-state index is 12.4. The van der Waals surface area contributed by atoms with E-state index in [0.29, 0.717) is 6.61 Å². The van der Waals surface area contributed by atoms with Crippen molar-refractivity contribution in [1.82, 2.24) is 20.1 Å². The second-order valence-electron chi connectivity index (χ2n) is 7.14. The first kappa shape index (κ1) is 18.4. The molecule has 2 saturated heterocycles. The van der Waals surface area contributed by atoms with Gasteiger partial charge in [-0.05, 0) is 12.8 Å². The number of hydrogen-bond acceptors (Lipinski definition) is 5. The van der Waals surface area contributed by atoms with Crippen LogP contribution in [-0.4, -0.2) is 66.2 Å². The van der Waals surface area contributed by atoms with Crippen LogP contribution in [0.15, 0.2) is 35.7 Å². The molecule has 2 amide bonds. The summed E-state index contributed by atoms with van der Waals surface area (Å²) in [6.07, 6.45) is 2.04. The minimum absolute atomic E-state index is 0.0465. The van der Waals surface area contributed by atoms with Crippen LogP contribution in [0.2, 0.25) is 0 Å². The van der Waals surface area contributed by atoms with Gasteiger partial charge in [-0.15, -0.1) is 11.3 Å². The van der Waals surface area contributed by atoms with Crippen LogP contribution in [0.3, 0.4) is 0 Å². The van der Waals surface area contributed by atoms with E-state index in [9.17, 15) is 4.79 Å². The summed E-state index contributed by atoms with van der Waals surface area (Å²) in [4.78, 5) is 21.5. The monoisotopic (exact) mass is 386 g/mol. The van der Waals surface area contributed by atoms with Gasteiger partial charge >= 0.3 is 6.03 Å². The predicted octanol–water partition coefficient (Wildman–Crippen LogP) is 2.82. The van der Waals surface area contributed by atoms with E-state index in [2.05, 4.69) is 27.7 Å². The van der Waals surface area contributed by atoms with Gasteiger partial charge in [0.2, 0.25) is 0 Å². The predicted molar refractivity (Wildman–Crippen MR) is 107 cm³/mol. The van der Waals surface area contributed by atoms with Crippen LogP contribution in [0.4, 0.5) is 4.79 Å². The number of thiazole rings is 1. The van der Waals surface area contributed by atoms with E-state index in [1.54, 1.807) is 11.3 Å². The second-order valence-corrected chi connectivity index (χ2v) is 7.99. The lowest BCUT2D eigenvalue weighted by Gasteiger charge is -2.35. The van der Waals surface area contributed by atoms with E-state index in [1.165, 1.54) is 5.56 Å². The molecule has 144 valence electrons. The summed E-state index contributed by atoms with van der Waals surface area (Å²) in [6.45, 7) is 5.58. The third-order valence-electron chi connectivity index (χ3n) is 5.11. The van der Waals surface area contributed by atoms with E-state index in [4.69, 9.17) is 9.72 Å². The fourth-order valence-corrected chi connectivity index (χ4v) is 4.37. The highest BCUT2D eigenvalue weighted by atomic mass is 32.1. The average Bonchev–Trinajstić information content (AvgIpc) is 3.18. The van der Waals surface area contributed by atoms with Crippen LogP contribution >= 0.6 is 11.3 Å². The quantitative estimate of drug-likeness (QED) is 0.878. The fraction of sp³-hybridized carbons (Fsp3) is 0.500.